The van der Waals surface area contributed by atoms with Crippen LogP contribution in [0.1, 0.15) is 28.4 Å². The molecule has 1 aliphatic carbocycles. The van der Waals surface area contributed by atoms with Gasteiger partial charge in [-0.3, -0.25) is 4.98 Å². The third-order valence-corrected chi connectivity index (χ3v) is 3.49. The third-order valence-electron chi connectivity index (χ3n) is 3.38. The Morgan fingerprint density at radius 2 is 1.94 bits per heavy atom. The smallest absolute Gasteiger partial charge is 0.112 e. The molecule has 3 rings (SSSR count). The number of aryl methyl sites for hydroxylation is 2. The first-order valence-corrected chi connectivity index (χ1v) is 6.39. The van der Waals surface area contributed by atoms with E-state index in [0.29, 0.717) is 0 Å². The maximum atomic E-state index is 4.80. The molecule has 88 valence electrons. The Hall–Kier alpha value is -1.83. The van der Waals surface area contributed by atoms with Gasteiger partial charge in [0.2, 0.25) is 0 Å². The lowest BCUT2D eigenvalue weighted by atomic mass is 9.97. The summed E-state index contributed by atoms with van der Waals surface area (Å²) in [5.74, 6) is 0. The average molecular weight is 252 g/mol. The molecular weight excluding hydrogens is 240 g/mol. The van der Waals surface area contributed by atoms with Gasteiger partial charge in [-0.1, -0.05) is 30.3 Å². The van der Waals surface area contributed by atoms with E-state index in [2.05, 4.69) is 39.4 Å². The van der Waals surface area contributed by atoms with Crippen LogP contribution in [0.4, 0.5) is 0 Å². The normalized spacial score (nSPS) is 17.0. The third kappa shape index (κ3) is 1.88. The highest BCUT2D eigenvalue weighted by Gasteiger charge is 2.22. The Morgan fingerprint density at radius 1 is 1.11 bits per heavy atom. The molecule has 18 heavy (non-hydrogen) atoms. The summed E-state index contributed by atoms with van der Waals surface area (Å²) in [7, 11) is 0. The first-order chi connectivity index (χ1) is 8.90. The van der Waals surface area contributed by atoms with Crippen molar-refractivity contribution in [3.05, 3.63) is 65.0 Å². The number of benzene rings is 1. The molecule has 0 saturated carbocycles. The molecule has 0 bridgehead atoms. The Balaban J connectivity index is 2.24. The molecule has 1 atom stereocenters. The first kappa shape index (κ1) is 11.3. The van der Waals surface area contributed by atoms with Gasteiger partial charge in [0.05, 0.1) is 5.16 Å². The molecule has 1 heterocycles. The molecule has 0 amide bonds. The van der Waals surface area contributed by atoms with Crippen molar-refractivity contribution in [2.75, 3.05) is 0 Å². The van der Waals surface area contributed by atoms with E-state index < -0.39 is 0 Å². The fourth-order valence-electron chi connectivity index (χ4n) is 2.55. The van der Waals surface area contributed by atoms with Crippen LogP contribution in [0.5, 0.6) is 0 Å². The van der Waals surface area contributed by atoms with Crippen molar-refractivity contribution < 1.29 is 0 Å². The summed E-state index contributed by atoms with van der Waals surface area (Å²) in [6.07, 6.45) is 3.80. The molecule has 1 aromatic carbocycles. The van der Waals surface area contributed by atoms with Gasteiger partial charge in [0.1, 0.15) is 6.04 Å². The quantitative estimate of drug-likeness (QED) is 0.574. The number of aromatic nitrogens is 1. The SMILES string of the molecule is S=C=NC1c2ccccc2CCc2ncccc21. The number of rotatable bonds is 1. The summed E-state index contributed by atoms with van der Waals surface area (Å²) >= 11 is 4.80. The maximum absolute atomic E-state index is 4.80. The van der Waals surface area contributed by atoms with E-state index in [4.69, 9.17) is 12.2 Å². The lowest BCUT2D eigenvalue weighted by Gasteiger charge is -2.13. The molecule has 0 aliphatic heterocycles. The number of thiocarbonyl (C=S) groups is 1. The lowest BCUT2D eigenvalue weighted by molar-refractivity contribution is 0.858. The first-order valence-electron chi connectivity index (χ1n) is 5.98. The van der Waals surface area contributed by atoms with Gasteiger partial charge in [-0.15, -0.1) is 0 Å². The second-order valence-electron chi connectivity index (χ2n) is 4.36. The van der Waals surface area contributed by atoms with Gasteiger partial charge in [-0.05, 0) is 42.3 Å². The Morgan fingerprint density at radius 3 is 2.83 bits per heavy atom. The molecule has 1 unspecified atom stereocenters. The van der Waals surface area contributed by atoms with Gasteiger partial charge < -0.3 is 0 Å². The van der Waals surface area contributed by atoms with E-state index in [1.165, 1.54) is 11.1 Å². The molecular formula is C15H12N2S. The average Bonchev–Trinajstić information content (AvgIpc) is 2.58. The van der Waals surface area contributed by atoms with Crippen molar-refractivity contribution in [2.24, 2.45) is 4.99 Å². The zero-order chi connectivity index (χ0) is 12.4. The highest BCUT2D eigenvalue weighted by atomic mass is 32.1. The minimum atomic E-state index is -0.0510. The number of fused-ring (bicyclic) bond motifs is 2. The van der Waals surface area contributed by atoms with E-state index in [-0.39, 0.29) is 6.04 Å². The van der Waals surface area contributed by atoms with Crippen LogP contribution < -0.4 is 0 Å². The second kappa shape index (κ2) is 4.81. The fourth-order valence-corrected chi connectivity index (χ4v) is 2.65. The van der Waals surface area contributed by atoms with E-state index >= 15 is 0 Å². The van der Waals surface area contributed by atoms with Crippen LogP contribution in [0.15, 0.2) is 47.6 Å². The van der Waals surface area contributed by atoms with E-state index in [9.17, 15) is 0 Å². The maximum Gasteiger partial charge on any atom is 0.112 e. The van der Waals surface area contributed by atoms with Gasteiger partial charge in [0.25, 0.3) is 0 Å². The van der Waals surface area contributed by atoms with Crippen LogP contribution in [0, 0.1) is 0 Å². The van der Waals surface area contributed by atoms with Crippen LogP contribution in [0.3, 0.4) is 0 Å². The minimum Gasteiger partial charge on any atom is -0.261 e. The molecule has 0 saturated heterocycles. The van der Waals surface area contributed by atoms with Crippen molar-refractivity contribution in [3.8, 4) is 0 Å². The van der Waals surface area contributed by atoms with Crippen molar-refractivity contribution in [3.63, 3.8) is 0 Å². The molecule has 2 nitrogen and oxygen atoms in total. The molecule has 0 N–H and O–H groups in total. The Kier molecular flexibility index (Phi) is 3.01. The molecule has 0 radical (unpaired) electrons. The molecule has 2 aromatic rings. The summed E-state index contributed by atoms with van der Waals surface area (Å²) in [4.78, 5) is 8.82. The van der Waals surface area contributed by atoms with Crippen LogP contribution in [-0.2, 0) is 12.8 Å². The number of pyridine rings is 1. The Labute approximate surface area is 111 Å². The molecule has 1 aromatic heterocycles. The zero-order valence-electron chi connectivity index (χ0n) is 9.84. The molecule has 3 heteroatoms. The minimum absolute atomic E-state index is 0.0510. The number of hydrogen-bond donors (Lipinski definition) is 0. The highest BCUT2D eigenvalue weighted by molar-refractivity contribution is 7.78. The van der Waals surface area contributed by atoms with Crippen LogP contribution in [0.25, 0.3) is 0 Å². The van der Waals surface area contributed by atoms with Crippen molar-refractivity contribution >= 4 is 17.4 Å². The fraction of sp³-hybridized carbons (Fsp3) is 0.200. The standard InChI is InChI=1S/C15H12N2S/c18-10-17-15-12-5-2-1-4-11(12)7-8-14-13(15)6-3-9-16-14/h1-6,9,15H,7-8H2. The highest BCUT2D eigenvalue weighted by Crippen LogP contribution is 2.33. The molecule has 1 aliphatic rings. The monoisotopic (exact) mass is 252 g/mol. The van der Waals surface area contributed by atoms with E-state index in [1.807, 2.05) is 18.3 Å². The predicted octanol–water partition coefficient (Wildman–Crippen LogP) is 3.37. The second-order valence-corrected chi connectivity index (χ2v) is 4.54. The Bertz CT molecular complexity index is 582. The van der Waals surface area contributed by atoms with E-state index in [1.54, 1.807) is 0 Å². The number of nitrogens with zero attached hydrogens (tertiary/aromatic N) is 2. The summed E-state index contributed by atoms with van der Waals surface area (Å²) < 4.78 is 0. The van der Waals surface area contributed by atoms with Gasteiger partial charge in [0.15, 0.2) is 0 Å². The van der Waals surface area contributed by atoms with Gasteiger partial charge in [-0.25, -0.2) is 4.99 Å². The van der Waals surface area contributed by atoms with E-state index in [0.717, 1.165) is 24.1 Å². The van der Waals surface area contributed by atoms with Crippen LogP contribution in [-0.4, -0.2) is 10.1 Å². The van der Waals surface area contributed by atoms with Crippen molar-refractivity contribution in [1.29, 1.82) is 0 Å². The summed E-state index contributed by atoms with van der Waals surface area (Å²) in [6, 6.07) is 12.4. The van der Waals surface area contributed by atoms with Gasteiger partial charge in [0, 0.05) is 17.5 Å². The largest absolute Gasteiger partial charge is 0.261 e. The summed E-state index contributed by atoms with van der Waals surface area (Å²) in [5, 5.41) is 2.53. The van der Waals surface area contributed by atoms with Crippen LogP contribution >= 0.6 is 12.2 Å². The van der Waals surface area contributed by atoms with Crippen molar-refractivity contribution in [1.82, 2.24) is 4.98 Å². The number of aliphatic imine (C=N–C) groups is 1. The predicted molar refractivity (Wildman–Crippen MR) is 75.0 cm³/mol. The number of isothiocyanates is 1. The van der Waals surface area contributed by atoms with Crippen molar-refractivity contribution in [2.45, 2.75) is 18.9 Å². The molecule has 0 fully saturated rings. The van der Waals surface area contributed by atoms with Gasteiger partial charge >= 0.3 is 0 Å². The van der Waals surface area contributed by atoms with Gasteiger partial charge in [-0.2, -0.15) is 0 Å². The number of hydrogen-bond acceptors (Lipinski definition) is 3. The zero-order valence-corrected chi connectivity index (χ0v) is 10.7. The van der Waals surface area contributed by atoms with Crippen LogP contribution in [0.2, 0.25) is 0 Å². The topological polar surface area (TPSA) is 25.2 Å². The molecule has 0 spiro atoms. The lowest BCUT2D eigenvalue weighted by Crippen LogP contribution is -2.01. The summed E-state index contributed by atoms with van der Waals surface area (Å²) in [6.45, 7) is 0. The summed E-state index contributed by atoms with van der Waals surface area (Å²) in [5.41, 5.74) is 4.82.